The summed E-state index contributed by atoms with van der Waals surface area (Å²) in [4.78, 5) is 23.9. The van der Waals surface area contributed by atoms with Crippen molar-refractivity contribution in [2.75, 3.05) is 31.8 Å². The average molecular weight is 299 g/mol. The largest absolute Gasteiger partial charge is 0.397 e. The molecule has 0 aliphatic heterocycles. The summed E-state index contributed by atoms with van der Waals surface area (Å²) in [6, 6.07) is 0.0567. The number of nitrogen functional groups attached to an aromatic ring is 1. The minimum atomic E-state index is -0.305. The summed E-state index contributed by atoms with van der Waals surface area (Å²) in [5.74, 6) is -0.452. The van der Waals surface area contributed by atoms with Crippen LogP contribution in [0.15, 0.2) is 0 Å². The number of carbonyl (C=O) groups is 2. The Bertz CT molecular complexity index is 499. The Labute approximate surface area is 122 Å². The maximum atomic E-state index is 12.0. The number of hydrogen-bond acceptors (Lipinski definition) is 6. The van der Waals surface area contributed by atoms with Crippen molar-refractivity contribution in [3.63, 3.8) is 0 Å². The molecule has 0 saturated carbocycles. The molecule has 1 atom stereocenters. The van der Waals surface area contributed by atoms with Gasteiger partial charge in [-0.05, 0) is 6.42 Å². The zero-order valence-corrected chi connectivity index (χ0v) is 13.0. The lowest BCUT2D eigenvalue weighted by molar-refractivity contribution is 0.0964. The summed E-state index contributed by atoms with van der Waals surface area (Å²) >= 11 is 1.21. The van der Waals surface area contributed by atoms with Crippen molar-refractivity contribution < 1.29 is 14.3 Å². The molecule has 4 N–H and O–H groups in total. The van der Waals surface area contributed by atoms with E-state index >= 15 is 0 Å². The van der Waals surface area contributed by atoms with E-state index in [0.29, 0.717) is 22.0 Å². The van der Waals surface area contributed by atoms with Gasteiger partial charge in [0, 0.05) is 27.1 Å². The third-order valence-electron chi connectivity index (χ3n) is 2.91. The molecule has 0 saturated heterocycles. The Morgan fingerprint density at radius 1 is 1.45 bits per heavy atom. The standard InChI is InChI=1S/C13H21N3O3S/c1-5-8(6-19-4)16-13-9(12(18)15-3)10(14)11(20-13)7(2)17/h8,16H,5-6,14H2,1-4H3,(H,15,18). The van der Waals surface area contributed by atoms with E-state index in [9.17, 15) is 9.59 Å². The second-order valence-electron chi connectivity index (χ2n) is 4.39. The van der Waals surface area contributed by atoms with Gasteiger partial charge in [-0.3, -0.25) is 9.59 Å². The number of hydrogen-bond donors (Lipinski definition) is 3. The number of ketones is 1. The molecule has 1 amide bonds. The number of nitrogens with two attached hydrogens (primary N) is 1. The van der Waals surface area contributed by atoms with Crippen molar-refractivity contribution in [1.29, 1.82) is 0 Å². The van der Waals surface area contributed by atoms with Gasteiger partial charge in [0.25, 0.3) is 5.91 Å². The SMILES string of the molecule is CCC(COC)Nc1sc(C(C)=O)c(N)c1C(=O)NC. The highest BCUT2D eigenvalue weighted by molar-refractivity contribution is 7.19. The monoisotopic (exact) mass is 299 g/mol. The molecular weight excluding hydrogens is 278 g/mol. The lowest BCUT2D eigenvalue weighted by Gasteiger charge is -2.17. The van der Waals surface area contributed by atoms with Gasteiger partial charge in [0.1, 0.15) is 5.00 Å². The van der Waals surface area contributed by atoms with Gasteiger partial charge < -0.3 is 21.1 Å². The van der Waals surface area contributed by atoms with Crippen LogP contribution in [0, 0.1) is 0 Å². The van der Waals surface area contributed by atoms with Crippen LogP contribution in [0.5, 0.6) is 0 Å². The molecule has 20 heavy (non-hydrogen) atoms. The van der Waals surface area contributed by atoms with Crippen LogP contribution in [-0.2, 0) is 4.74 Å². The summed E-state index contributed by atoms with van der Waals surface area (Å²) in [6.07, 6.45) is 0.828. The van der Waals surface area contributed by atoms with Crippen LogP contribution in [0.1, 0.15) is 40.3 Å². The fourth-order valence-corrected chi connectivity index (χ4v) is 2.90. The first-order valence-electron chi connectivity index (χ1n) is 6.36. The van der Waals surface area contributed by atoms with Crippen LogP contribution in [0.4, 0.5) is 10.7 Å². The van der Waals surface area contributed by atoms with E-state index in [0.717, 1.165) is 6.42 Å². The summed E-state index contributed by atoms with van der Waals surface area (Å²) in [5, 5.41) is 6.38. The Balaban J connectivity index is 3.19. The Morgan fingerprint density at radius 3 is 2.55 bits per heavy atom. The Morgan fingerprint density at radius 2 is 2.10 bits per heavy atom. The number of anilines is 2. The molecule has 1 rings (SSSR count). The second kappa shape index (κ2) is 7.25. The third-order valence-corrected chi connectivity index (χ3v) is 4.15. The van der Waals surface area contributed by atoms with Crippen LogP contribution in [0.2, 0.25) is 0 Å². The number of Topliss-reactive ketones (excluding diaryl/α,β-unsaturated/α-hetero) is 1. The predicted molar refractivity (Wildman–Crippen MR) is 81.7 cm³/mol. The van der Waals surface area contributed by atoms with Crippen molar-refractivity contribution in [2.45, 2.75) is 26.3 Å². The molecular formula is C13H21N3O3S. The molecule has 0 radical (unpaired) electrons. The van der Waals surface area contributed by atoms with E-state index in [1.165, 1.54) is 25.3 Å². The highest BCUT2D eigenvalue weighted by atomic mass is 32.1. The summed E-state index contributed by atoms with van der Waals surface area (Å²) in [6.45, 7) is 3.96. The van der Waals surface area contributed by atoms with Crippen molar-refractivity contribution in [1.82, 2.24) is 5.32 Å². The minimum Gasteiger partial charge on any atom is -0.397 e. The van der Waals surface area contributed by atoms with Gasteiger partial charge >= 0.3 is 0 Å². The normalized spacial score (nSPS) is 12.0. The lowest BCUT2D eigenvalue weighted by atomic mass is 10.1. The number of thiophene rings is 1. The van der Waals surface area contributed by atoms with Crippen LogP contribution in [0.25, 0.3) is 0 Å². The smallest absolute Gasteiger partial charge is 0.256 e. The van der Waals surface area contributed by atoms with E-state index in [-0.39, 0.29) is 23.4 Å². The third kappa shape index (κ3) is 3.49. The highest BCUT2D eigenvalue weighted by Gasteiger charge is 2.24. The van der Waals surface area contributed by atoms with Crippen molar-refractivity contribution in [2.24, 2.45) is 0 Å². The van der Waals surface area contributed by atoms with E-state index in [4.69, 9.17) is 10.5 Å². The first-order valence-corrected chi connectivity index (χ1v) is 7.18. The Hall–Kier alpha value is -1.60. The second-order valence-corrected chi connectivity index (χ2v) is 5.41. The van der Waals surface area contributed by atoms with Gasteiger partial charge in [-0.15, -0.1) is 11.3 Å². The number of amides is 1. The molecule has 0 bridgehead atoms. The van der Waals surface area contributed by atoms with Gasteiger partial charge in [0.2, 0.25) is 0 Å². The number of methoxy groups -OCH3 is 1. The van der Waals surface area contributed by atoms with Crippen molar-refractivity contribution >= 4 is 33.7 Å². The molecule has 1 heterocycles. The van der Waals surface area contributed by atoms with Gasteiger partial charge in [0.15, 0.2) is 5.78 Å². The van der Waals surface area contributed by atoms with Crippen LogP contribution in [-0.4, -0.2) is 38.5 Å². The number of carbonyl (C=O) groups excluding carboxylic acids is 2. The molecule has 0 aliphatic rings. The first kappa shape index (κ1) is 16.5. The molecule has 112 valence electrons. The quantitative estimate of drug-likeness (QED) is 0.667. The maximum absolute atomic E-state index is 12.0. The number of nitrogens with one attached hydrogen (secondary N) is 2. The lowest BCUT2D eigenvalue weighted by Crippen LogP contribution is -2.26. The summed E-state index contributed by atoms with van der Waals surface area (Å²) < 4.78 is 5.12. The molecule has 0 aliphatic carbocycles. The number of ether oxygens (including phenoxy) is 1. The van der Waals surface area contributed by atoms with E-state index in [1.54, 1.807) is 7.11 Å². The predicted octanol–water partition coefficient (Wildman–Crippen LogP) is 1.73. The first-order chi connectivity index (χ1) is 9.46. The van der Waals surface area contributed by atoms with Gasteiger partial charge in [0.05, 0.1) is 22.7 Å². The van der Waals surface area contributed by atoms with E-state index in [2.05, 4.69) is 10.6 Å². The fraction of sp³-hybridized carbons (Fsp3) is 0.538. The molecule has 6 nitrogen and oxygen atoms in total. The molecule has 0 aromatic carbocycles. The maximum Gasteiger partial charge on any atom is 0.256 e. The molecule has 1 aromatic rings. The zero-order valence-electron chi connectivity index (χ0n) is 12.2. The molecule has 0 fully saturated rings. The molecule has 1 aromatic heterocycles. The van der Waals surface area contributed by atoms with Crippen LogP contribution in [0.3, 0.4) is 0 Å². The van der Waals surface area contributed by atoms with Gasteiger partial charge in [-0.1, -0.05) is 6.92 Å². The van der Waals surface area contributed by atoms with Crippen molar-refractivity contribution in [3.05, 3.63) is 10.4 Å². The van der Waals surface area contributed by atoms with Crippen LogP contribution < -0.4 is 16.4 Å². The van der Waals surface area contributed by atoms with Gasteiger partial charge in [-0.25, -0.2) is 0 Å². The molecule has 0 spiro atoms. The minimum absolute atomic E-state index is 0.0567. The fourth-order valence-electron chi connectivity index (χ4n) is 1.81. The topological polar surface area (TPSA) is 93.4 Å². The van der Waals surface area contributed by atoms with Crippen LogP contribution >= 0.6 is 11.3 Å². The number of rotatable bonds is 7. The van der Waals surface area contributed by atoms with Crippen molar-refractivity contribution in [3.8, 4) is 0 Å². The summed E-state index contributed by atoms with van der Waals surface area (Å²) in [5.41, 5.74) is 6.49. The van der Waals surface area contributed by atoms with Gasteiger partial charge in [-0.2, -0.15) is 0 Å². The zero-order chi connectivity index (χ0) is 15.3. The van der Waals surface area contributed by atoms with E-state index < -0.39 is 0 Å². The van der Waals surface area contributed by atoms with E-state index in [1.807, 2.05) is 6.92 Å². The molecule has 7 heteroatoms. The molecule has 1 unspecified atom stereocenters. The summed E-state index contributed by atoms with van der Waals surface area (Å²) in [7, 11) is 3.15. The average Bonchev–Trinajstić information content (AvgIpc) is 2.74. The highest BCUT2D eigenvalue weighted by Crippen LogP contribution is 2.36. The Kier molecular flexibility index (Phi) is 5.97.